The summed E-state index contributed by atoms with van der Waals surface area (Å²) in [5, 5.41) is 0.666. The Morgan fingerprint density at radius 1 is 1.21 bits per heavy atom. The highest BCUT2D eigenvalue weighted by Gasteiger charge is 2.24. The number of carbonyl (C=O) groups is 1. The maximum atomic E-state index is 12.9. The van der Waals surface area contributed by atoms with Gasteiger partial charge in [-0.2, -0.15) is 0 Å². The molecule has 0 saturated heterocycles. The molecule has 0 unspecified atom stereocenters. The molecule has 1 heterocycles. The smallest absolute Gasteiger partial charge is 0.330 e. The normalized spacial score (nSPS) is 10.8. The van der Waals surface area contributed by atoms with E-state index in [1.54, 1.807) is 12.1 Å². The van der Waals surface area contributed by atoms with Gasteiger partial charge in [-0.15, -0.1) is 0 Å². The molecule has 2 rings (SSSR count). The highest BCUT2D eigenvalue weighted by Crippen LogP contribution is 2.26. The Bertz CT molecular complexity index is 987. The molecule has 8 nitrogen and oxygen atoms in total. The Hall–Kier alpha value is -2.45. The number of ether oxygens (including phenoxy) is 1. The largest absolute Gasteiger partial charge is 0.484 e. The summed E-state index contributed by atoms with van der Waals surface area (Å²) in [6, 6.07) is 4.64. The first-order valence-corrected chi connectivity index (χ1v) is 10.1. The van der Waals surface area contributed by atoms with Gasteiger partial charge < -0.3 is 15.4 Å². The molecule has 1 amide bonds. The topological polar surface area (TPSA) is 110 Å². The zero-order valence-electron chi connectivity index (χ0n) is 16.3. The van der Waals surface area contributed by atoms with Crippen LogP contribution in [0, 0.1) is 0 Å². The quantitative estimate of drug-likeness (QED) is 0.619. The Morgan fingerprint density at radius 3 is 2.55 bits per heavy atom. The fourth-order valence-electron chi connectivity index (χ4n) is 2.75. The lowest BCUT2D eigenvalue weighted by molar-refractivity contribution is -0.120. The number of unbranched alkanes of at least 4 members (excludes halogenated alkanes) is 1. The van der Waals surface area contributed by atoms with E-state index in [2.05, 4.69) is 4.98 Å². The number of H-pyrrole nitrogens is 1. The number of aromatic nitrogens is 2. The molecule has 3 N–H and O–H groups in total. The van der Waals surface area contributed by atoms with Crippen molar-refractivity contribution in [3.8, 4) is 5.75 Å². The maximum Gasteiger partial charge on any atom is 0.330 e. The summed E-state index contributed by atoms with van der Waals surface area (Å²) >= 11 is 11.8. The van der Waals surface area contributed by atoms with Crippen LogP contribution in [0.2, 0.25) is 10.0 Å². The van der Waals surface area contributed by atoms with Crippen molar-refractivity contribution in [3.63, 3.8) is 0 Å². The van der Waals surface area contributed by atoms with Gasteiger partial charge in [-0.05, 0) is 25.0 Å². The number of nitrogen functional groups attached to an aromatic ring is 1. The molecule has 0 fully saturated rings. The number of halogens is 2. The van der Waals surface area contributed by atoms with E-state index in [0.29, 0.717) is 35.2 Å². The van der Waals surface area contributed by atoms with Gasteiger partial charge in [0.05, 0.1) is 10.0 Å². The van der Waals surface area contributed by atoms with Crippen molar-refractivity contribution in [1.82, 2.24) is 9.55 Å². The number of benzene rings is 1. The van der Waals surface area contributed by atoms with E-state index in [9.17, 15) is 14.4 Å². The van der Waals surface area contributed by atoms with E-state index in [1.807, 2.05) is 13.8 Å². The number of anilines is 2. The van der Waals surface area contributed by atoms with Crippen molar-refractivity contribution < 1.29 is 9.53 Å². The van der Waals surface area contributed by atoms with Crippen LogP contribution in [0.25, 0.3) is 0 Å². The number of aromatic amines is 1. The minimum atomic E-state index is -0.709. The molecule has 2 aromatic rings. The molecular weight excluding hydrogens is 419 g/mol. The molecule has 29 heavy (non-hydrogen) atoms. The molecular formula is C19H24Cl2N4O4. The molecule has 0 aliphatic carbocycles. The van der Waals surface area contributed by atoms with Crippen LogP contribution in [0.15, 0.2) is 27.8 Å². The van der Waals surface area contributed by atoms with Gasteiger partial charge in [-0.3, -0.25) is 19.1 Å². The van der Waals surface area contributed by atoms with Crippen LogP contribution in [0.5, 0.6) is 5.75 Å². The lowest BCUT2D eigenvalue weighted by Crippen LogP contribution is -2.43. The summed E-state index contributed by atoms with van der Waals surface area (Å²) in [4.78, 5) is 40.9. The first-order chi connectivity index (χ1) is 13.8. The molecule has 158 valence electrons. The zero-order chi connectivity index (χ0) is 21.6. The van der Waals surface area contributed by atoms with Crippen molar-refractivity contribution >= 4 is 40.6 Å². The summed E-state index contributed by atoms with van der Waals surface area (Å²) in [5.41, 5.74) is 4.74. The standard InChI is InChI=1S/C19H24Cl2N4O4/c1-3-5-9-24(15(26)11-29-12-6-7-13(20)14(21)10-12)16-17(22)25(8-4-2)19(28)23-18(16)27/h6-7,10H,3-5,8-9,11,22H2,1-2H3,(H,23,27,28). The van der Waals surface area contributed by atoms with Crippen molar-refractivity contribution in [1.29, 1.82) is 0 Å². The van der Waals surface area contributed by atoms with Gasteiger partial charge in [0.2, 0.25) is 0 Å². The van der Waals surface area contributed by atoms with Crippen LogP contribution in [-0.4, -0.2) is 28.6 Å². The monoisotopic (exact) mass is 442 g/mol. The van der Waals surface area contributed by atoms with Gasteiger partial charge in [-0.1, -0.05) is 43.5 Å². The van der Waals surface area contributed by atoms with Crippen molar-refractivity contribution in [2.45, 2.75) is 39.7 Å². The summed E-state index contributed by atoms with van der Waals surface area (Å²) in [6.07, 6.45) is 2.08. The van der Waals surface area contributed by atoms with E-state index in [-0.39, 0.29) is 24.7 Å². The minimum Gasteiger partial charge on any atom is -0.484 e. The van der Waals surface area contributed by atoms with Gasteiger partial charge in [-0.25, -0.2) is 4.79 Å². The molecule has 0 bridgehead atoms. The van der Waals surface area contributed by atoms with Crippen LogP contribution < -0.4 is 26.6 Å². The molecule has 0 aliphatic rings. The molecule has 0 radical (unpaired) electrons. The van der Waals surface area contributed by atoms with E-state index >= 15 is 0 Å². The maximum absolute atomic E-state index is 12.9. The second-order valence-electron chi connectivity index (χ2n) is 6.41. The third kappa shape index (κ3) is 5.55. The molecule has 0 atom stereocenters. The Morgan fingerprint density at radius 2 is 1.93 bits per heavy atom. The molecule has 1 aromatic heterocycles. The number of carbonyl (C=O) groups excluding carboxylic acids is 1. The van der Waals surface area contributed by atoms with Gasteiger partial charge in [0, 0.05) is 19.2 Å². The molecule has 0 saturated carbocycles. The van der Waals surface area contributed by atoms with Crippen LogP contribution in [-0.2, 0) is 11.3 Å². The average Bonchev–Trinajstić information content (AvgIpc) is 2.68. The van der Waals surface area contributed by atoms with Gasteiger partial charge >= 0.3 is 5.69 Å². The lowest BCUT2D eigenvalue weighted by Gasteiger charge is -2.24. The van der Waals surface area contributed by atoms with Crippen LogP contribution in [0.1, 0.15) is 33.1 Å². The number of nitrogens with zero attached hydrogens (tertiary/aromatic N) is 2. The second kappa shape index (κ2) is 10.4. The molecule has 10 heteroatoms. The first kappa shape index (κ1) is 22.8. The molecule has 0 aliphatic heterocycles. The third-order valence-electron chi connectivity index (χ3n) is 4.22. The predicted molar refractivity (Wildman–Crippen MR) is 115 cm³/mol. The van der Waals surface area contributed by atoms with Gasteiger partial charge in [0.25, 0.3) is 11.5 Å². The van der Waals surface area contributed by atoms with E-state index in [1.165, 1.54) is 15.5 Å². The summed E-state index contributed by atoms with van der Waals surface area (Å²) < 4.78 is 6.76. The van der Waals surface area contributed by atoms with Crippen molar-refractivity contribution in [2.75, 3.05) is 23.8 Å². The lowest BCUT2D eigenvalue weighted by atomic mass is 10.2. The van der Waals surface area contributed by atoms with Gasteiger partial charge in [0.15, 0.2) is 12.3 Å². The van der Waals surface area contributed by atoms with Crippen LogP contribution >= 0.6 is 23.2 Å². The fourth-order valence-corrected chi connectivity index (χ4v) is 3.04. The molecule has 0 spiro atoms. The van der Waals surface area contributed by atoms with Crippen molar-refractivity contribution in [2.24, 2.45) is 0 Å². The summed E-state index contributed by atoms with van der Waals surface area (Å²) in [7, 11) is 0. The summed E-state index contributed by atoms with van der Waals surface area (Å²) in [6.45, 7) is 4.08. The number of hydrogen-bond donors (Lipinski definition) is 2. The minimum absolute atomic E-state index is 0.0420. The van der Waals surface area contributed by atoms with E-state index < -0.39 is 17.2 Å². The highest BCUT2D eigenvalue weighted by molar-refractivity contribution is 6.42. The second-order valence-corrected chi connectivity index (χ2v) is 7.22. The average molecular weight is 443 g/mol. The number of rotatable bonds is 9. The number of nitrogens with two attached hydrogens (primary N) is 1. The van der Waals surface area contributed by atoms with Gasteiger partial charge in [0.1, 0.15) is 11.6 Å². The van der Waals surface area contributed by atoms with E-state index in [4.69, 9.17) is 33.7 Å². The van der Waals surface area contributed by atoms with E-state index in [0.717, 1.165) is 6.42 Å². The van der Waals surface area contributed by atoms with Crippen LogP contribution in [0.4, 0.5) is 11.5 Å². The Labute approximate surface area is 178 Å². The summed E-state index contributed by atoms with van der Waals surface area (Å²) in [5.74, 6) is -0.149. The number of amides is 1. The first-order valence-electron chi connectivity index (χ1n) is 9.30. The SMILES string of the molecule is CCCCN(C(=O)COc1ccc(Cl)c(Cl)c1)c1c(N)n(CCC)c(=O)[nH]c1=O. The molecule has 1 aromatic carbocycles. The predicted octanol–water partition coefficient (Wildman–Crippen LogP) is 3.05. The highest BCUT2D eigenvalue weighted by atomic mass is 35.5. The number of nitrogens with one attached hydrogen (secondary N) is 1. The van der Waals surface area contributed by atoms with Crippen LogP contribution in [0.3, 0.4) is 0 Å². The zero-order valence-corrected chi connectivity index (χ0v) is 17.8. The third-order valence-corrected chi connectivity index (χ3v) is 4.96. The van der Waals surface area contributed by atoms with Crippen molar-refractivity contribution in [3.05, 3.63) is 49.1 Å². The Kier molecular flexibility index (Phi) is 8.16. The number of hydrogen-bond acceptors (Lipinski definition) is 5. The fraction of sp³-hybridized carbons (Fsp3) is 0.421. The Balaban J connectivity index is 2.34.